The van der Waals surface area contributed by atoms with Gasteiger partial charge in [0.2, 0.25) is 0 Å². The molecule has 0 amide bonds. The molecule has 24 heavy (non-hydrogen) atoms. The standard InChI is InChI=1S/C19H22F2N2O/c20-17-6-5-14(11-18(17)21)13-23-9-7-16(8-10-23)22-12-15-3-1-2-4-19(15)24/h1-6,11,16,22,24H,7-10,12-13H2. The van der Waals surface area contributed by atoms with Gasteiger partial charge in [-0.3, -0.25) is 4.90 Å². The second kappa shape index (κ2) is 7.73. The third-order valence-electron chi connectivity index (χ3n) is 4.55. The van der Waals surface area contributed by atoms with Crippen LogP contribution in [0, 0.1) is 11.6 Å². The van der Waals surface area contributed by atoms with E-state index >= 15 is 0 Å². The molecule has 3 rings (SSSR count). The Morgan fingerprint density at radius 1 is 1.04 bits per heavy atom. The molecule has 1 fully saturated rings. The highest BCUT2D eigenvalue weighted by Gasteiger charge is 2.19. The SMILES string of the molecule is Oc1ccccc1CNC1CCN(Cc2ccc(F)c(F)c2)CC1. The highest BCUT2D eigenvalue weighted by molar-refractivity contribution is 5.31. The fraction of sp³-hybridized carbons (Fsp3) is 0.368. The van der Waals surface area contributed by atoms with Gasteiger partial charge in [0, 0.05) is 24.7 Å². The summed E-state index contributed by atoms with van der Waals surface area (Å²) in [4.78, 5) is 2.25. The number of aromatic hydroxyl groups is 1. The summed E-state index contributed by atoms with van der Waals surface area (Å²) in [5.74, 6) is -1.27. The van der Waals surface area contributed by atoms with E-state index in [-0.39, 0.29) is 0 Å². The number of hydrogen-bond acceptors (Lipinski definition) is 3. The third kappa shape index (κ3) is 4.30. The largest absolute Gasteiger partial charge is 0.508 e. The first-order valence-electron chi connectivity index (χ1n) is 8.28. The fourth-order valence-electron chi connectivity index (χ4n) is 3.11. The van der Waals surface area contributed by atoms with E-state index in [4.69, 9.17) is 0 Å². The molecule has 0 radical (unpaired) electrons. The van der Waals surface area contributed by atoms with Gasteiger partial charge in [0.25, 0.3) is 0 Å². The highest BCUT2D eigenvalue weighted by atomic mass is 19.2. The molecule has 0 saturated carbocycles. The van der Waals surface area contributed by atoms with Crippen LogP contribution in [0.5, 0.6) is 5.75 Å². The number of halogens is 2. The molecule has 2 N–H and O–H groups in total. The van der Waals surface area contributed by atoms with Crippen molar-refractivity contribution in [3.8, 4) is 5.75 Å². The van der Waals surface area contributed by atoms with Crippen molar-refractivity contribution in [3.05, 3.63) is 65.2 Å². The summed E-state index contributed by atoms with van der Waals surface area (Å²) in [6, 6.07) is 11.9. The summed E-state index contributed by atoms with van der Waals surface area (Å²) < 4.78 is 26.2. The number of benzene rings is 2. The summed E-state index contributed by atoms with van der Waals surface area (Å²) in [5.41, 5.74) is 1.70. The lowest BCUT2D eigenvalue weighted by atomic mass is 10.0. The lowest BCUT2D eigenvalue weighted by Gasteiger charge is -2.32. The molecule has 1 aliphatic heterocycles. The van der Waals surface area contributed by atoms with Crippen LogP contribution >= 0.6 is 0 Å². The van der Waals surface area contributed by atoms with Gasteiger partial charge in [0.15, 0.2) is 11.6 Å². The first kappa shape index (κ1) is 16.9. The molecule has 0 atom stereocenters. The van der Waals surface area contributed by atoms with E-state index in [1.165, 1.54) is 12.1 Å². The van der Waals surface area contributed by atoms with Gasteiger partial charge in [-0.05, 0) is 49.7 Å². The number of likely N-dealkylation sites (tertiary alicyclic amines) is 1. The van der Waals surface area contributed by atoms with Gasteiger partial charge in [0.05, 0.1) is 0 Å². The lowest BCUT2D eigenvalue weighted by molar-refractivity contribution is 0.189. The highest BCUT2D eigenvalue weighted by Crippen LogP contribution is 2.18. The average molecular weight is 332 g/mol. The maximum Gasteiger partial charge on any atom is 0.159 e. The molecule has 1 heterocycles. The topological polar surface area (TPSA) is 35.5 Å². The predicted octanol–water partition coefficient (Wildman–Crippen LogP) is 3.42. The van der Waals surface area contributed by atoms with Gasteiger partial charge >= 0.3 is 0 Å². The maximum absolute atomic E-state index is 13.3. The van der Waals surface area contributed by atoms with Crippen molar-refractivity contribution >= 4 is 0 Å². The molecule has 0 aliphatic carbocycles. The molecule has 2 aromatic rings. The Balaban J connectivity index is 1.45. The Labute approximate surface area is 140 Å². The van der Waals surface area contributed by atoms with E-state index in [1.807, 2.05) is 18.2 Å². The number of phenols is 1. The van der Waals surface area contributed by atoms with Crippen LogP contribution in [0.15, 0.2) is 42.5 Å². The Kier molecular flexibility index (Phi) is 5.43. The summed E-state index contributed by atoms with van der Waals surface area (Å²) in [6.07, 6.45) is 1.99. The summed E-state index contributed by atoms with van der Waals surface area (Å²) >= 11 is 0. The molecular formula is C19H22F2N2O. The summed E-state index contributed by atoms with van der Waals surface area (Å²) in [6.45, 7) is 3.12. The van der Waals surface area contributed by atoms with Crippen LogP contribution in [0.25, 0.3) is 0 Å². The van der Waals surface area contributed by atoms with Crippen LogP contribution in [0.2, 0.25) is 0 Å². The number of nitrogens with zero attached hydrogens (tertiary/aromatic N) is 1. The molecule has 128 valence electrons. The molecule has 1 saturated heterocycles. The van der Waals surface area contributed by atoms with Crippen molar-refractivity contribution in [1.82, 2.24) is 10.2 Å². The van der Waals surface area contributed by atoms with Crippen LogP contribution in [0.4, 0.5) is 8.78 Å². The van der Waals surface area contributed by atoms with E-state index in [1.54, 1.807) is 12.1 Å². The van der Waals surface area contributed by atoms with Crippen LogP contribution in [-0.4, -0.2) is 29.1 Å². The Morgan fingerprint density at radius 2 is 1.79 bits per heavy atom. The van der Waals surface area contributed by atoms with Gasteiger partial charge < -0.3 is 10.4 Å². The van der Waals surface area contributed by atoms with Crippen LogP contribution < -0.4 is 5.32 Å². The van der Waals surface area contributed by atoms with Gasteiger partial charge in [-0.1, -0.05) is 24.3 Å². The molecule has 0 unspecified atom stereocenters. The lowest BCUT2D eigenvalue weighted by Crippen LogP contribution is -2.41. The normalized spacial score (nSPS) is 16.4. The summed E-state index contributed by atoms with van der Waals surface area (Å²) in [5, 5.41) is 13.3. The number of para-hydroxylation sites is 1. The molecular weight excluding hydrogens is 310 g/mol. The van der Waals surface area contributed by atoms with Crippen LogP contribution in [-0.2, 0) is 13.1 Å². The Bertz CT molecular complexity index is 685. The molecule has 1 aliphatic rings. The van der Waals surface area contributed by atoms with Gasteiger partial charge in [0.1, 0.15) is 5.75 Å². The molecule has 2 aromatic carbocycles. The monoisotopic (exact) mass is 332 g/mol. The number of nitrogens with one attached hydrogen (secondary N) is 1. The molecule has 3 nitrogen and oxygen atoms in total. The average Bonchev–Trinajstić information content (AvgIpc) is 2.59. The Morgan fingerprint density at radius 3 is 2.50 bits per heavy atom. The Hall–Kier alpha value is -1.98. The van der Waals surface area contributed by atoms with Crippen molar-refractivity contribution in [1.29, 1.82) is 0 Å². The predicted molar refractivity (Wildman–Crippen MR) is 89.6 cm³/mol. The van der Waals surface area contributed by atoms with E-state index in [9.17, 15) is 13.9 Å². The zero-order valence-electron chi connectivity index (χ0n) is 13.5. The summed E-state index contributed by atoms with van der Waals surface area (Å²) in [7, 11) is 0. The molecule has 0 aromatic heterocycles. The molecule has 5 heteroatoms. The van der Waals surface area contributed by atoms with Gasteiger partial charge in [-0.25, -0.2) is 8.78 Å². The fourth-order valence-corrected chi connectivity index (χ4v) is 3.11. The number of piperidine rings is 1. The van der Waals surface area contributed by atoms with Crippen molar-refractivity contribution in [2.75, 3.05) is 13.1 Å². The minimum Gasteiger partial charge on any atom is -0.508 e. The zero-order valence-corrected chi connectivity index (χ0v) is 13.5. The van der Waals surface area contributed by atoms with E-state index < -0.39 is 11.6 Å². The smallest absolute Gasteiger partial charge is 0.159 e. The second-order valence-corrected chi connectivity index (χ2v) is 6.31. The quantitative estimate of drug-likeness (QED) is 0.881. The van der Waals surface area contributed by atoms with E-state index in [0.717, 1.165) is 37.1 Å². The first-order chi connectivity index (χ1) is 11.6. The third-order valence-corrected chi connectivity index (χ3v) is 4.55. The minimum atomic E-state index is -0.800. The van der Waals surface area contributed by atoms with Crippen LogP contribution in [0.1, 0.15) is 24.0 Å². The van der Waals surface area contributed by atoms with E-state index in [0.29, 0.717) is 24.9 Å². The zero-order chi connectivity index (χ0) is 16.9. The van der Waals surface area contributed by atoms with Crippen molar-refractivity contribution < 1.29 is 13.9 Å². The maximum atomic E-state index is 13.3. The van der Waals surface area contributed by atoms with Crippen molar-refractivity contribution in [3.63, 3.8) is 0 Å². The molecule has 0 bridgehead atoms. The van der Waals surface area contributed by atoms with Gasteiger partial charge in [-0.15, -0.1) is 0 Å². The van der Waals surface area contributed by atoms with Crippen molar-refractivity contribution in [2.24, 2.45) is 0 Å². The van der Waals surface area contributed by atoms with E-state index in [2.05, 4.69) is 10.2 Å². The first-order valence-corrected chi connectivity index (χ1v) is 8.28. The second-order valence-electron chi connectivity index (χ2n) is 6.31. The number of hydrogen-bond donors (Lipinski definition) is 2. The number of rotatable bonds is 5. The number of phenolic OH excluding ortho intramolecular Hbond substituents is 1. The minimum absolute atomic E-state index is 0.320. The van der Waals surface area contributed by atoms with Crippen LogP contribution in [0.3, 0.4) is 0 Å². The molecule has 0 spiro atoms. The van der Waals surface area contributed by atoms with Crippen molar-refractivity contribution in [2.45, 2.75) is 32.0 Å². The van der Waals surface area contributed by atoms with Gasteiger partial charge in [-0.2, -0.15) is 0 Å².